The molecule has 0 fully saturated rings. The molecule has 0 saturated heterocycles. The van der Waals surface area contributed by atoms with E-state index in [0.717, 1.165) is 6.42 Å². The number of hydrogen-bond acceptors (Lipinski definition) is 2. The highest BCUT2D eigenvalue weighted by Crippen LogP contribution is 2.13. The monoisotopic (exact) mass is 820 g/mol. The predicted octanol–water partition coefficient (Wildman–Crippen LogP) is 5.50. The van der Waals surface area contributed by atoms with Gasteiger partial charge in [0.15, 0.2) is 19.5 Å². The van der Waals surface area contributed by atoms with Crippen LogP contribution in [-0.2, 0) is 14.7 Å². The Hall–Kier alpha value is -5.45. The van der Waals surface area contributed by atoms with Crippen LogP contribution in [0.3, 0.4) is 0 Å². The van der Waals surface area contributed by atoms with Gasteiger partial charge in [0.05, 0.1) is 0 Å². The second-order valence-corrected chi connectivity index (χ2v) is 25.3. The smallest absolute Gasteiger partial charge is 0.278 e. The van der Waals surface area contributed by atoms with Crippen LogP contribution < -0.4 is 41.5 Å². The largest absolute Gasteiger partial charge is 0.447 e. The lowest BCUT2D eigenvalue weighted by atomic mass is 10.1. The third-order valence-corrected chi connectivity index (χ3v) is 23.8. The fourth-order valence-electron chi connectivity index (χ4n) is 7.68. The molecule has 0 saturated carbocycles. The molecule has 0 aliphatic carbocycles. The van der Waals surface area contributed by atoms with Gasteiger partial charge in [-0.05, 0) is 59.9 Å². The van der Waals surface area contributed by atoms with E-state index < -0.39 is 36.2 Å². The van der Waals surface area contributed by atoms with Crippen molar-refractivity contribution in [2.45, 2.75) is 26.2 Å². The maximum absolute atomic E-state index is 7.17. The zero-order chi connectivity index (χ0) is 39.7. The van der Waals surface area contributed by atoms with Crippen molar-refractivity contribution >= 4 is 77.7 Å². The summed E-state index contributed by atoms with van der Waals surface area (Å²) in [6, 6.07) is 84.7. The number of hydrogen-bond donors (Lipinski definition) is 0. The third-order valence-electron chi connectivity index (χ3n) is 10.7. The fourth-order valence-corrected chi connectivity index (χ4v) is 21.6. The van der Waals surface area contributed by atoms with Crippen molar-refractivity contribution in [2.75, 3.05) is 0 Å². The summed E-state index contributed by atoms with van der Waals surface area (Å²) in [5, 5.41) is 10.5. The molecule has 2 nitrogen and oxygen atoms in total. The van der Waals surface area contributed by atoms with Crippen molar-refractivity contribution in [3.05, 3.63) is 242 Å². The molecule has 0 bridgehead atoms. The highest BCUT2D eigenvalue weighted by molar-refractivity contribution is 7.09. The van der Waals surface area contributed by atoms with Crippen molar-refractivity contribution < 1.29 is 8.23 Å². The van der Waals surface area contributed by atoms with Crippen molar-refractivity contribution in [3.8, 4) is 0 Å². The van der Waals surface area contributed by atoms with Crippen LogP contribution in [0.1, 0.15) is 25.3 Å². The van der Waals surface area contributed by atoms with Crippen molar-refractivity contribution in [3.63, 3.8) is 0 Å². The molecule has 0 spiro atoms. The second kappa shape index (κ2) is 20.8. The highest BCUT2D eigenvalue weighted by atomic mass is 28.4. The van der Waals surface area contributed by atoms with E-state index in [4.69, 9.17) is 8.23 Å². The predicted molar refractivity (Wildman–Crippen MR) is 258 cm³/mol. The molecule has 0 atom stereocenters. The molecular formula is C52H52O2Si4. The van der Waals surface area contributed by atoms with E-state index in [0.29, 0.717) is 0 Å². The molecule has 0 heterocycles. The van der Waals surface area contributed by atoms with Crippen LogP contribution in [-0.4, -0.2) is 36.2 Å². The van der Waals surface area contributed by atoms with Gasteiger partial charge in [-0.1, -0.05) is 250 Å². The molecule has 6 heteroatoms. The molecule has 0 amide bonds. The topological polar surface area (TPSA) is 18.5 Å². The van der Waals surface area contributed by atoms with Crippen LogP contribution in [0.2, 0.25) is 0 Å². The van der Waals surface area contributed by atoms with E-state index in [1.54, 1.807) is 0 Å². The van der Waals surface area contributed by atoms with Gasteiger partial charge in [-0.25, -0.2) is 0 Å². The Bertz CT molecular complexity index is 2210. The van der Waals surface area contributed by atoms with Gasteiger partial charge in [-0.3, -0.25) is 0 Å². The lowest BCUT2D eigenvalue weighted by Gasteiger charge is -2.34. The van der Waals surface area contributed by atoms with E-state index in [-0.39, 0.29) is 0 Å². The summed E-state index contributed by atoms with van der Waals surface area (Å²) in [6.07, 6.45) is 3.60. The molecule has 58 heavy (non-hydrogen) atoms. The van der Waals surface area contributed by atoms with E-state index >= 15 is 0 Å². The van der Waals surface area contributed by atoms with Gasteiger partial charge in [-0.2, -0.15) is 0 Å². The molecule has 8 aromatic carbocycles. The fraction of sp³-hybridized carbons (Fsp3) is 0.0769. The summed E-state index contributed by atoms with van der Waals surface area (Å²) in [4.78, 5) is 0. The SMILES string of the molecule is CCCCc1ccc([Si](O[SiH2]c2ccccc2)(c2ccccc2)c2ccccc2)cc1.c1ccc([SiH2]O[Si](c2ccccc2)(c2ccccc2)c2ccccc2)cc1. The lowest BCUT2D eigenvalue weighted by molar-refractivity contribution is 0.630. The van der Waals surface area contributed by atoms with Crippen molar-refractivity contribution in [1.82, 2.24) is 0 Å². The zero-order valence-electron chi connectivity index (χ0n) is 33.4. The van der Waals surface area contributed by atoms with Crippen LogP contribution in [0.5, 0.6) is 0 Å². The summed E-state index contributed by atoms with van der Waals surface area (Å²) in [7, 11) is -6.94. The second-order valence-electron chi connectivity index (χ2n) is 14.5. The van der Waals surface area contributed by atoms with Crippen molar-refractivity contribution in [1.29, 1.82) is 0 Å². The molecule has 0 aliphatic heterocycles. The van der Waals surface area contributed by atoms with Gasteiger partial charge < -0.3 is 8.23 Å². The van der Waals surface area contributed by atoms with Crippen LogP contribution in [0.4, 0.5) is 0 Å². The van der Waals surface area contributed by atoms with Gasteiger partial charge in [0.1, 0.15) is 0 Å². The number of rotatable bonds is 15. The first kappa shape index (κ1) is 40.7. The molecule has 8 rings (SSSR count). The number of aryl methyl sites for hydroxylation is 1. The Kier molecular flexibility index (Phi) is 14.6. The Morgan fingerprint density at radius 2 is 0.586 bits per heavy atom. The standard InChI is InChI=1S/C28H30OSi2.C24H22OSi2/c1-2-3-13-24-20-22-28(23-21-24)31(26-16-9-5-10-17-26,27-18-11-6-12-19-27)29-30-25-14-7-4-8-15-25;1-5-13-21(14-6-1)26-25-27(22-15-7-2-8-16-22,23-17-9-3-10-18-23)24-19-11-4-12-20-24/h4-12,14-23H,2-3,13,30H2,1H3;1-20H,26H2. The van der Waals surface area contributed by atoms with Gasteiger partial charge in [0.25, 0.3) is 16.6 Å². The maximum atomic E-state index is 7.17. The number of benzene rings is 8. The molecule has 8 aromatic rings. The first-order valence-corrected chi connectivity index (χ1v) is 26.8. The maximum Gasteiger partial charge on any atom is 0.278 e. The lowest BCUT2D eigenvalue weighted by Crippen LogP contribution is -2.70. The van der Waals surface area contributed by atoms with E-state index in [1.165, 1.54) is 59.9 Å². The summed E-state index contributed by atoms with van der Waals surface area (Å²) >= 11 is 0. The molecule has 0 N–H and O–H groups in total. The van der Waals surface area contributed by atoms with Crippen molar-refractivity contribution in [2.24, 2.45) is 0 Å². The van der Waals surface area contributed by atoms with Gasteiger partial charge in [-0.15, -0.1) is 0 Å². The minimum absolute atomic E-state index is 0.885. The molecular weight excluding hydrogens is 769 g/mol. The van der Waals surface area contributed by atoms with Crippen LogP contribution >= 0.6 is 0 Å². The molecule has 0 aliphatic rings. The summed E-state index contributed by atoms with van der Waals surface area (Å²) in [6.45, 7) is 2.25. The van der Waals surface area contributed by atoms with Crippen LogP contribution in [0, 0.1) is 0 Å². The summed E-state index contributed by atoms with van der Waals surface area (Å²) < 4.78 is 14.2. The number of unbranched alkanes of at least 4 members (excludes halogenated alkanes) is 1. The molecule has 0 radical (unpaired) electrons. The van der Waals surface area contributed by atoms with Gasteiger partial charge >= 0.3 is 0 Å². The van der Waals surface area contributed by atoms with E-state index in [2.05, 4.69) is 244 Å². The van der Waals surface area contributed by atoms with Gasteiger partial charge in [0, 0.05) is 0 Å². The Morgan fingerprint density at radius 3 is 0.862 bits per heavy atom. The molecule has 0 unspecified atom stereocenters. The zero-order valence-corrected chi connectivity index (χ0v) is 38.2. The van der Waals surface area contributed by atoms with Crippen LogP contribution in [0.25, 0.3) is 0 Å². The first-order chi connectivity index (χ1) is 28.7. The minimum atomic E-state index is -2.60. The average molecular weight is 821 g/mol. The summed E-state index contributed by atoms with van der Waals surface area (Å²) in [5.41, 5.74) is 1.41. The Labute approximate surface area is 352 Å². The van der Waals surface area contributed by atoms with Gasteiger partial charge in [0.2, 0.25) is 0 Å². The first-order valence-electron chi connectivity index (χ1n) is 20.4. The molecule has 288 valence electrons. The highest BCUT2D eigenvalue weighted by Gasteiger charge is 2.42. The summed E-state index contributed by atoms with van der Waals surface area (Å²) in [5.74, 6) is 0. The molecule has 0 aromatic heterocycles. The van der Waals surface area contributed by atoms with E-state index in [1.807, 2.05) is 0 Å². The average Bonchev–Trinajstić information content (AvgIpc) is 3.32. The minimum Gasteiger partial charge on any atom is -0.447 e. The Balaban J connectivity index is 0.000000178. The van der Waals surface area contributed by atoms with E-state index in [9.17, 15) is 0 Å². The van der Waals surface area contributed by atoms with Crippen LogP contribution in [0.15, 0.2) is 237 Å². The Morgan fingerprint density at radius 1 is 0.328 bits per heavy atom. The normalized spacial score (nSPS) is 11.7. The third kappa shape index (κ3) is 9.80. The quantitative estimate of drug-likeness (QED) is 0.101.